The number of allylic oxidation sites excluding steroid dienone is 2. The smallest absolute Gasteiger partial charge is 0.180 e. The minimum Gasteiger partial charge on any atom is -0.588 e. The second-order valence-electron chi connectivity index (χ2n) is 6.65. The first kappa shape index (κ1) is 19.9. The Morgan fingerprint density at radius 3 is 2.15 bits per heavy atom. The Morgan fingerprint density at radius 2 is 1.62 bits per heavy atom. The van der Waals surface area contributed by atoms with Gasteiger partial charge in [-0.05, 0) is 70.2 Å². The number of rotatable bonds is 7. The molecule has 2 aromatic rings. The molecule has 0 radical (unpaired) electrons. The lowest BCUT2D eigenvalue weighted by Crippen LogP contribution is -2.26. The highest BCUT2D eigenvalue weighted by atomic mass is 32.2. The van der Waals surface area contributed by atoms with Gasteiger partial charge in [-0.1, -0.05) is 24.8 Å². The number of hydrogen-bond donors (Lipinski definition) is 1. The molecule has 0 bridgehead atoms. The maximum Gasteiger partial charge on any atom is 0.180 e. The van der Waals surface area contributed by atoms with E-state index in [0.717, 1.165) is 5.75 Å². The van der Waals surface area contributed by atoms with E-state index in [4.69, 9.17) is 9.47 Å². The van der Waals surface area contributed by atoms with E-state index in [2.05, 4.69) is 11.3 Å². The van der Waals surface area contributed by atoms with Crippen LogP contribution in [0.15, 0.2) is 83.6 Å². The van der Waals surface area contributed by atoms with Crippen LogP contribution in [0.2, 0.25) is 0 Å². The van der Waals surface area contributed by atoms with Gasteiger partial charge in [-0.2, -0.15) is 4.72 Å². The molecule has 4 nitrogen and oxygen atoms in total. The summed E-state index contributed by atoms with van der Waals surface area (Å²) in [5, 5.41) is 0. The summed E-state index contributed by atoms with van der Waals surface area (Å²) in [4.78, 5) is 0.633. The van der Waals surface area contributed by atoms with Crippen LogP contribution < -0.4 is 9.46 Å². The lowest BCUT2D eigenvalue weighted by molar-refractivity contribution is 0.0515. The predicted octanol–water partition coefficient (Wildman–Crippen LogP) is 5.32. The lowest BCUT2D eigenvalue weighted by atomic mass is 10.2. The van der Waals surface area contributed by atoms with Crippen LogP contribution in [0.25, 0.3) is 0 Å². The van der Waals surface area contributed by atoms with Gasteiger partial charge in [0.1, 0.15) is 39.9 Å². The van der Waals surface area contributed by atoms with Crippen LogP contribution in [0.1, 0.15) is 27.7 Å². The fraction of sp³-hybridized carbons (Fsp3) is 0.238. The molecule has 0 fully saturated rings. The number of benzene rings is 2. The summed E-state index contributed by atoms with van der Waals surface area (Å²) < 4.78 is 27.1. The average molecular weight is 372 g/mol. The minimum atomic E-state index is -1.43. The Morgan fingerprint density at radius 1 is 1.04 bits per heavy atom. The Balaban J connectivity index is 2.05. The summed E-state index contributed by atoms with van der Waals surface area (Å²) in [6.45, 7) is 11.5. The van der Waals surface area contributed by atoms with E-state index >= 15 is 0 Å². The SMILES string of the molecule is C=C/C(N[S+]([O-])c1ccc(Oc2ccccc2)cc1)=C(/C)OC(C)(C)C. The summed E-state index contributed by atoms with van der Waals surface area (Å²) in [6.07, 6.45) is 1.60. The van der Waals surface area contributed by atoms with E-state index in [1.807, 2.05) is 58.0 Å². The largest absolute Gasteiger partial charge is 0.588 e. The van der Waals surface area contributed by atoms with Gasteiger partial charge in [-0.3, -0.25) is 0 Å². The molecule has 0 aromatic heterocycles. The molecule has 2 rings (SSSR count). The average Bonchev–Trinajstić information content (AvgIpc) is 2.59. The van der Waals surface area contributed by atoms with E-state index in [9.17, 15) is 4.55 Å². The first-order valence-corrected chi connectivity index (χ1v) is 9.47. The predicted molar refractivity (Wildman–Crippen MR) is 106 cm³/mol. The van der Waals surface area contributed by atoms with Crippen molar-refractivity contribution in [2.75, 3.05) is 0 Å². The zero-order valence-electron chi connectivity index (χ0n) is 15.6. The summed E-state index contributed by atoms with van der Waals surface area (Å²) in [7, 11) is 0. The highest BCUT2D eigenvalue weighted by Crippen LogP contribution is 2.23. The van der Waals surface area contributed by atoms with Crippen LogP contribution in [0.5, 0.6) is 11.5 Å². The van der Waals surface area contributed by atoms with Crippen molar-refractivity contribution in [2.45, 2.75) is 38.2 Å². The molecule has 5 heteroatoms. The quantitative estimate of drug-likeness (QED) is 0.406. The van der Waals surface area contributed by atoms with Gasteiger partial charge in [-0.15, -0.1) is 0 Å². The maximum absolute atomic E-state index is 12.6. The molecule has 0 aliphatic heterocycles. The van der Waals surface area contributed by atoms with Crippen molar-refractivity contribution in [3.63, 3.8) is 0 Å². The second-order valence-corrected chi connectivity index (χ2v) is 7.86. The van der Waals surface area contributed by atoms with Crippen molar-refractivity contribution in [3.05, 3.63) is 78.7 Å². The van der Waals surface area contributed by atoms with Gasteiger partial charge in [-0.25, -0.2) is 0 Å². The van der Waals surface area contributed by atoms with Crippen LogP contribution in [0, 0.1) is 0 Å². The van der Waals surface area contributed by atoms with Crippen molar-refractivity contribution in [2.24, 2.45) is 0 Å². The third kappa shape index (κ3) is 6.17. The van der Waals surface area contributed by atoms with E-state index in [1.54, 1.807) is 30.3 Å². The van der Waals surface area contributed by atoms with Gasteiger partial charge in [0.25, 0.3) is 0 Å². The molecule has 1 unspecified atom stereocenters. The molecule has 0 amide bonds. The Hall–Kier alpha value is -2.37. The van der Waals surface area contributed by atoms with Crippen molar-refractivity contribution in [1.29, 1.82) is 0 Å². The van der Waals surface area contributed by atoms with Crippen LogP contribution in [-0.2, 0) is 16.1 Å². The monoisotopic (exact) mass is 371 g/mol. The molecular weight excluding hydrogens is 346 g/mol. The molecule has 1 N–H and O–H groups in total. The third-order valence-electron chi connectivity index (χ3n) is 3.26. The van der Waals surface area contributed by atoms with Gasteiger partial charge < -0.3 is 14.0 Å². The maximum atomic E-state index is 12.6. The first-order chi connectivity index (χ1) is 12.3. The molecular formula is C21H25NO3S. The van der Waals surface area contributed by atoms with Gasteiger partial charge >= 0.3 is 0 Å². The fourth-order valence-corrected chi connectivity index (χ4v) is 3.11. The van der Waals surface area contributed by atoms with Gasteiger partial charge in [0, 0.05) is 0 Å². The number of para-hydroxylation sites is 1. The Labute approximate surface area is 158 Å². The Kier molecular flexibility index (Phi) is 6.77. The normalized spacial score (nSPS) is 13.4. The highest BCUT2D eigenvalue weighted by molar-refractivity contribution is 7.89. The molecule has 0 saturated heterocycles. The topological polar surface area (TPSA) is 53.5 Å². The second kappa shape index (κ2) is 8.83. The molecule has 0 heterocycles. The molecule has 138 valence electrons. The number of ether oxygens (including phenoxy) is 2. The van der Waals surface area contributed by atoms with Gasteiger partial charge in [0.05, 0.1) is 0 Å². The van der Waals surface area contributed by atoms with Gasteiger partial charge in [0.2, 0.25) is 0 Å². The fourth-order valence-electron chi connectivity index (χ4n) is 2.19. The molecule has 1 atom stereocenters. The van der Waals surface area contributed by atoms with Crippen LogP contribution in [-0.4, -0.2) is 10.2 Å². The zero-order valence-corrected chi connectivity index (χ0v) is 16.4. The Bertz CT molecular complexity index is 749. The van der Waals surface area contributed by atoms with Crippen molar-refractivity contribution < 1.29 is 14.0 Å². The lowest BCUT2D eigenvalue weighted by Gasteiger charge is -2.23. The van der Waals surface area contributed by atoms with Crippen LogP contribution >= 0.6 is 0 Å². The van der Waals surface area contributed by atoms with Crippen LogP contribution in [0.4, 0.5) is 0 Å². The van der Waals surface area contributed by atoms with Gasteiger partial charge in [0.15, 0.2) is 4.90 Å². The summed E-state index contributed by atoms with van der Waals surface area (Å²) in [5.41, 5.74) is 0.265. The molecule has 0 spiro atoms. The molecule has 2 aromatic carbocycles. The van der Waals surface area contributed by atoms with E-state index in [0.29, 0.717) is 22.1 Å². The highest BCUT2D eigenvalue weighted by Gasteiger charge is 2.17. The minimum absolute atomic E-state index is 0.335. The van der Waals surface area contributed by atoms with E-state index in [1.165, 1.54) is 0 Å². The van der Waals surface area contributed by atoms with E-state index < -0.39 is 11.4 Å². The molecule has 0 aliphatic carbocycles. The molecule has 0 aliphatic rings. The zero-order chi connectivity index (χ0) is 19.2. The molecule has 26 heavy (non-hydrogen) atoms. The first-order valence-electron chi connectivity index (χ1n) is 8.32. The number of hydrogen-bond acceptors (Lipinski definition) is 4. The van der Waals surface area contributed by atoms with Crippen LogP contribution in [0.3, 0.4) is 0 Å². The number of nitrogens with one attached hydrogen (secondary N) is 1. The standard InChI is InChI=1S/C21H25NO3S/c1-6-20(16(2)25-21(3,4)5)22-26(23)19-14-12-18(13-15-19)24-17-10-8-7-9-11-17/h6-15,22H,1H2,2-5H3/b20-16+. The summed E-state index contributed by atoms with van der Waals surface area (Å²) in [5.74, 6) is 2.08. The van der Waals surface area contributed by atoms with E-state index in [-0.39, 0.29) is 5.60 Å². The third-order valence-corrected chi connectivity index (χ3v) is 4.37. The summed E-state index contributed by atoms with van der Waals surface area (Å²) >= 11 is -1.43. The van der Waals surface area contributed by atoms with Crippen molar-refractivity contribution in [1.82, 2.24) is 4.72 Å². The van der Waals surface area contributed by atoms with Crippen molar-refractivity contribution in [3.8, 4) is 11.5 Å². The van der Waals surface area contributed by atoms with Crippen molar-refractivity contribution >= 4 is 11.4 Å². The summed E-state index contributed by atoms with van der Waals surface area (Å²) in [6, 6.07) is 16.6. The molecule has 0 saturated carbocycles.